The molecule has 11 heteroatoms. The van der Waals surface area contributed by atoms with Crippen molar-refractivity contribution >= 4 is 46.5 Å². The van der Waals surface area contributed by atoms with Gasteiger partial charge in [0.25, 0.3) is 23.4 Å². The van der Waals surface area contributed by atoms with E-state index in [4.69, 9.17) is 4.74 Å². The van der Waals surface area contributed by atoms with E-state index < -0.39 is 10.8 Å². The number of rotatable bonds is 10. The van der Waals surface area contributed by atoms with Gasteiger partial charge in [-0.15, -0.1) is 0 Å². The average molecular weight is 547 g/mol. The van der Waals surface area contributed by atoms with E-state index in [1.54, 1.807) is 55.6 Å². The van der Waals surface area contributed by atoms with Crippen molar-refractivity contribution < 1.29 is 24.0 Å². The number of benzene rings is 3. The van der Waals surface area contributed by atoms with Gasteiger partial charge in [-0.05, 0) is 66.6 Å². The number of nitro benzene ring substituents is 1. The van der Waals surface area contributed by atoms with Crippen LogP contribution in [0.25, 0.3) is 0 Å². The predicted octanol–water partition coefficient (Wildman–Crippen LogP) is 5.30. The number of nitrogens with one attached hydrogen (secondary N) is 2. The van der Waals surface area contributed by atoms with Gasteiger partial charge in [-0.3, -0.25) is 29.4 Å². The van der Waals surface area contributed by atoms with Crippen molar-refractivity contribution in [2.45, 2.75) is 18.7 Å². The van der Waals surface area contributed by atoms with E-state index >= 15 is 0 Å². The fourth-order valence-corrected chi connectivity index (χ4v) is 4.72. The number of hydrogen-bond donors (Lipinski definition) is 2. The summed E-state index contributed by atoms with van der Waals surface area (Å²) < 4.78 is 5.19. The molecule has 3 aromatic rings. The van der Waals surface area contributed by atoms with Crippen molar-refractivity contribution in [3.05, 3.63) is 99.1 Å². The molecule has 3 amide bonds. The number of carbonyl (C=O) groups excluding carboxylic acids is 3. The quantitative estimate of drug-likeness (QED) is 0.199. The molecule has 1 aliphatic heterocycles. The Balaban J connectivity index is 1.52. The lowest BCUT2D eigenvalue weighted by atomic mass is 10.2. The minimum absolute atomic E-state index is 0.100. The standard InChI is InChI=1S/C28H26N4O6S/c1-17(2)16-31-27(34)24(29-19-6-12-22(38-3)13-7-19)25(28(31)35)39-23-14-8-20(9-15-23)30-26(33)18-4-10-21(11-5-18)32(36)37/h4-15,17,29H,16H2,1-3H3,(H,30,33). The summed E-state index contributed by atoms with van der Waals surface area (Å²) >= 11 is 1.16. The largest absolute Gasteiger partial charge is 0.497 e. The predicted molar refractivity (Wildman–Crippen MR) is 149 cm³/mol. The highest BCUT2D eigenvalue weighted by Crippen LogP contribution is 2.36. The second-order valence-corrected chi connectivity index (χ2v) is 10.1. The Hall–Kier alpha value is -4.64. The van der Waals surface area contributed by atoms with Crippen LogP contribution in [0.5, 0.6) is 5.75 Å². The van der Waals surface area contributed by atoms with Crippen LogP contribution in [0.1, 0.15) is 24.2 Å². The number of imide groups is 1. The molecule has 0 bridgehead atoms. The normalized spacial score (nSPS) is 13.2. The monoisotopic (exact) mass is 546 g/mol. The molecule has 0 unspecified atom stereocenters. The molecule has 2 N–H and O–H groups in total. The second-order valence-electron chi connectivity index (χ2n) is 9.06. The smallest absolute Gasteiger partial charge is 0.278 e. The van der Waals surface area contributed by atoms with Gasteiger partial charge in [0.05, 0.1) is 12.0 Å². The number of nitro groups is 1. The van der Waals surface area contributed by atoms with Gasteiger partial charge >= 0.3 is 0 Å². The topological polar surface area (TPSA) is 131 Å². The molecule has 10 nitrogen and oxygen atoms in total. The molecule has 39 heavy (non-hydrogen) atoms. The van der Waals surface area contributed by atoms with E-state index in [1.807, 2.05) is 13.8 Å². The molecule has 4 rings (SSSR count). The number of nitrogens with zero attached hydrogens (tertiary/aromatic N) is 2. The van der Waals surface area contributed by atoms with Crippen LogP contribution in [0.2, 0.25) is 0 Å². The molecule has 1 aliphatic rings. The van der Waals surface area contributed by atoms with Gasteiger partial charge in [-0.1, -0.05) is 25.6 Å². The fraction of sp³-hybridized carbons (Fsp3) is 0.179. The van der Waals surface area contributed by atoms with Gasteiger partial charge in [-0.2, -0.15) is 0 Å². The number of methoxy groups -OCH3 is 1. The molecule has 0 spiro atoms. The van der Waals surface area contributed by atoms with Crippen molar-refractivity contribution in [2.24, 2.45) is 5.92 Å². The Morgan fingerprint density at radius 1 is 0.949 bits per heavy atom. The third-order valence-corrected chi connectivity index (χ3v) is 6.80. The summed E-state index contributed by atoms with van der Waals surface area (Å²) in [7, 11) is 1.56. The summed E-state index contributed by atoms with van der Waals surface area (Å²) in [6, 6.07) is 19.2. The van der Waals surface area contributed by atoms with Crippen LogP contribution in [0.3, 0.4) is 0 Å². The third-order valence-electron chi connectivity index (χ3n) is 5.70. The molecule has 0 saturated heterocycles. The van der Waals surface area contributed by atoms with E-state index in [1.165, 1.54) is 29.2 Å². The summed E-state index contributed by atoms with van der Waals surface area (Å²) in [6.45, 7) is 4.17. The van der Waals surface area contributed by atoms with E-state index in [9.17, 15) is 24.5 Å². The van der Waals surface area contributed by atoms with Gasteiger partial charge in [-0.25, -0.2) is 0 Å². The Morgan fingerprint density at radius 2 is 1.56 bits per heavy atom. The van der Waals surface area contributed by atoms with Crippen molar-refractivity contribution in [3.63, 3.8) is 0 Å². The van der Waals surface area contributed by atoms with Crippen LogP contribution in [-0.2, 0) is 9.59 Å². The van der Waals surface area contributed by atoms with E-state index in [0.29, 0.717) is 28.6 Å². The molecule has 0 aromatic heterocycles. The highest BCUT2D eigenvalue weighted by Gasteiger charge is 2.39. The van der Waals surface area contributed by atoms with Crippen LogP contribution < -0.4 is 15.4 Å². The average Bonchev–Trinajstić information content (AvgIpc) is 3.13. The van der Waals surface area contributed by atoms with E-state index in [2.05, 4.69) is 10.6 Å². The van der Waals surface area contributed by atoms with Gasteiger partial charge < -0.3 is 15.4 Å². The zero-order chi connectivity index (χ0) is 28.1. The summed E-state index contributed by atoms with van der Waals surface area (Å²) in [5.74, 6) is -0.410. The number of hydrogen-bond acceptors (Lipinski definition) is 8. The molecular weight excluding hydrogens is 520 g/mol. The van der Waals surface area contributed by atoms with E-state index in [-0.39, 0.29) is 39.6 Å². The molecule has 200 valence electrons. The number of carbonyl (C=O) groups is 3. The third kappa shape index (κ3) is 6.44. The van der Waals surface area contributed by atoms with Gasteiger partial charge in [0.2, 0.25) is 0 Å². The SMILES string of the molecule is COc1ccc(NC2=C(Sc3ccc(NC(=O)c4ccc([N+](=O)[O-])cc4)cc3)C(=O)N(CC(C)C)C2=O)cc1. The summed E-state index contributed by atoms with van der Waals surface area (Å²) in [6.07, 6.45) is 0. The Morgan fingerprint density at radius 3 is 2.13 bits per heavy atom. The molecule has 1 heterocycles. The second kappa shape index (κ2) is 11.8. The van der Waals surface area contributed by atoms with E-state index in [0.717, 1.165) is 11.8 Å². The Kier molecular flexibility index (Phi) is 8.30. The number of ether oxygens (including phenoxy) is 1. The van der Waals surface area contributed by atoms with Crippen LogP contribution in [-0.4, -0.2) is 41.2 Å². The minimum Gasteiger partial charge on any atom is -0.497 e. The first kappa shape index (κ1) is 27.4. The number of non-ortho nitro benzene ring substituents is 1. The van der Waals surface area contributed by atoms with Crippen LogP contribution >= 0.6 is 11.8 Å². The van der Waals surface area contributed by atoms with Crippen LogP contribution in [0.15, 0.2) is 88.3 Å². The molecular formula is C28H26N4O6S. The van der Waals surface area contributed by atoms with Crippen molar-refractivity contribution in [3.8, 4) is 5.75 Å². The highest BCUT2D eigenvalue weighted by molar-refractivity contribution is 8.04. The van der Waals surface area contributed by atoms with Gasteiger partial charge in [0.1, 0.15) is 16.4 Å². The lowest BCUT2D eigenvalue weighted by Crippen LogP contribution is -2.35. The molecule has 0 fully saturated rings. The summed E-state index contributed by atoms with van der Waals surface area (Å²) in [5, 5.41) is 16.7. The van der Waals surface area contributed by atoms with Crippen LogP contribution in [0, 0.1) is 16.0 Å². The maximum Gasteiger partial charge on any atom is 0.278 e. The van der Waals surface area contributed by atoms with Gasteiger partial charge in [0.15, 0.2) is 0 Å². The molecule has 0 radical (unpaired) electrons. The number of anilines is 2. The van der Waals surface area contributed by atoms with Crippen molar-refractivity contribution in [1.82, 2.24) is 4.90 Å². The maximum absolute atomic E-state index is 13.3. The molecule has 0 atom stereocenters. The minimum atomic E-state index is -0.532. The molecule has 0 aliphatic carbocycles. The van der Waals surface area contributed by atoms with Crippen molar-refractivity contribution in [1.29, 1.82) is 0 Å². The Bertz CT molecular complexity index is 1430. The molecule has 3 aromatic carbocycles. The lowest BCUT2D eigenvalue weighted by Gasteiger charge is -2.17. The molecule has 0 saturated carbocycles. The first-order valence-electron chi connectivity index (χ1n) is 12.0. The first-order valence-corrected chi connectivity index (χ1v) is 12.8. The van der Waals surface area contributed by atoms with Gasteiger partial charge in [0, 0.05) is 40.5 Å². The number of thioether (sulfide) groups is 1. The number of amides is 3. The highest BCUT2D eigenvalue weighted by atomic mass is 32.2. The fourth-order valence-electron chi connectivity index (χ4n) is 3.77. The Labute approximate surface area is 229 Å². The summed E-state index contributed by atoms with van der Waals surface area (Å²) in [4.78, 5) is 51.5. The lowest BCUT2D eigenvalue weighted by molar-refractivity contribution is -0.384. The first-order chi connectivity index (χ1) is 18.7. The zero-order valence-electron chi connectivity index (χ0n) is 21.5. The van der Waals surface area contributed by atoms with Crippen LogP contribution in [0.4, 0.5) is 17.1 Å². The van der Waals surface area contributed by atoms with Crippen molar-refractivity contribution in [2.75, 3.05) is 24.3 Å². The zero-order valence-corrected chi connectivity index (χ0v) is 22.3. The maximum atomic E-state index is 13.3. The summed E-state index contributed by atoms with van der Waals surface area (Å²) in [5.41, 5.74) is 1.52.